The Balaban J connectivity index is 1.98. The van der Waals surface area contributed by atoms with Crippen LogP contribution in [-0.4, -0.2) is 9.97 Å². The van der Waals surface area contributed by atoms with Crippen molar-refractivity contribution in [2.24, 2.45) is 0 Å². The summed E-state index contributed by atoms with van der Waals surface area (Å²) in [4.78, 5) is 7.93. The second-order valence-corrected chi connectivity index (χ2v) is 7.84. The molecule has 0 saturated carbocycles. The summed E-state index contributed by atoms with van der Waals surface area (Å²) in [5, 5.41) is 3.40. The standard InChI is InChI=1S/C19H9Cl2FN2S/c20-12-6-3-7-13(22)15(12)19-23-16-9-4-1-2-5-10(9)18-11(17(16)24-19)8-14(21)25-18/h1-8H,(H,23,24). The highest BCUT2D eigenvalue weighted by molar-refractivity contribution is 7.23. The highest BCUT2D eigenvalue weighted by atomic mass is 35.5. The third kappa shape index (κ3) is 2.18. The molecule has 2 heterocycles. The van der Waals surface area contributed by atoms with Crippen LogP contribution in [0.3, 0.4) is 0 Å². The number of H-pyrrole nitrogens is 1. The summed E-state index contributed by atoms with van der Waals surface area (Å²) in [5.74, 6) is 0.00790. The summed E-state index contributed by atoms with van der Waals surface area (Å²) in [6.07, 6.45) is 0. The molecule has 5 rings (SSSR count). The van der Waals surface area contributed by atoms with E-state index in [1.165, 1.54) is 17.4 Å². The molecule has 5 aromatic rings. The predicted molar refractivity (Wildman–Crippen MR) is 104 cm³/mol. The van der Waals surface area contributed by atoms with Crippen molar-refractivity contribution >= 4 is 66.4 Å². The SMILES string of the molecule is Fc1cccc(Cl)c1-c1nc2c3cc(Cl)sc3c3ccccc3c2[nH]1. The van der Waals surface area contributed by atoms with Gasteiger partial charge < -0.3 is 4.98 Å². The lowest BCUT2D eigenvalue weighted by molar-refractivity contribution is 0.630. The molecule has 0 radical (unpaired) electrons. The molecular weight excluding hydrogens is 378 g/mol. The Bertz CT molecular complexity index is 1270. The summed E-state index contributed by atoms with van der Waals surface area (Å²) >= 11 is 14.0. The Labute approximate surface area is 155 Å². The van der Waals surface area contributed by atoms with Gasteiger partial charge in [0.2, 0.25) is 0 Å². The van der Waals surface area contributed by atoms with E-state index in [2.05, 4.69) is 16.0 Å². The Hall–Kier alpha value is -2.14. The minimum atomic E-state index is -0.407. The molecule has 0 aliphatic heterocycles. The zero-order valence-electron chi connectivity index (χ0n) is 12.6. The van der Waals surface area contributed by atoms with Crippen LogP contribution >= 0.6 is 34.5 Å². The van der Waals surface area contributed by atoms with Crippen LogP contribution in [0.5, 0.6) is 0 Å². The van der Waals surface area contributed by atoms with Crippen molar-refractivity contribution < 1.29 is 4.39 Å². The normalized spacial score (nSPS) is 11.8. The molecule has 6 heteroatoms. The number of benzene rings is 3. The maximum Gasteiger partial charge on any atom is 0.143 e. The molecule has 122 valence electrons. The molecule has 0 unspecified atom stereocenters. The number of aromatic nitrogens is 2. The Morgan fingerprint density at radius 1 is 0.960 bits per heavy atom. The van der Waals surface area contributed by atoms with E-state index in [-0.39, 0.29) is 5.56 Å². The van der Waals surface area contributed by atoms with Gasteiger partial charge in [-0.25, -0.2) is 9.37 Å². The van der Waals surface area contributed by atoms with E-state index < -0.39 is 5.82 Å². The second kappa shape index (κ2) is 5.43. The van der Waals surface area contributed by atoms with Crippen LogP contribution in [0.1, 0.15) is 0 Å². The van der Waals surface area contributed by atoms with Gasteiger partial charge in [-0.05, 0) is 18.2 Å². The van der Waals surface area contributed by atoms with Gasteiger partial charge in [0.15, 0.2) is 0 Å². The molecule has 0 amide bonds. The van der Waals surface area contributed by atoms with E-state index >= 15 is 0 Å². The maximum absolute atomic E-state index is 14.3. The fourth-order valence-electron chi connectivity index (χ4n) is 3.24. The number of thiophene rings is 1. The average molecular weight is 387 g/mol. The molecule has 0 saturated heterocycles. The van der Waals surface area contributed by atoms with Gasteiger partial charge in [0.1, 0.15) is 11.6 Å². The molecule has 2 aromatic heterocycles. The van der Waals surface area contributed by atoms with Crippen LogP contribution < -0.4 is 0 Å². The second-order valence-electron chi connectivity index (χ2n) is 5.74. The Morgan fingerprint density at radius 3 is 2.56 bits per heavy atom. The number of rotatable bonds is 1. The van der Waals surface area contributed by atoms with Gasteiger partial charge in [-0.2, -0.15) is 0 Å². The van der Waals surface area contributed by atoms with Crippen LogP contribution in [0.4, 0.5) is 4.39 Å². The van der Waals surface area contributed by atoms with Gasteiger partial charge in [-0.3, -0.25) is 0 Å². The van der Waals surface area contributed by atoms with Crippen LogP contribution in [0.15, 0.2) is 48.5 Å². The zero-order valence-corrected chi connectivity index (χ0v) is 14.9. The predicted octanol–water partition coefficient (Wildman–Crippen LogP) is 7.04. The third-order valence-corrected chi connectivity index (χ3v) is 5.91. The van der Waals surface area contributed by atoms with E-state index in [1.807, 2.05) is 24.3 Å². The minimum absolute atomic E-state index is 0.277. The van der Waals surface area contributed by atoms with E-state index in [9.17, 15) is 4.39 Å². The molecule has 0 fully saturated rings. The molecule has 25 heavy (non-hydrogen) atoms. The summed E-state index contributed by atoms with van der Waals surface area (Å²) < 4.78 is 16.1. The average Bonchev–Trinajstić information content (AvgIpc) is 3.18. The quantitative estimate of drug-likeness (QED) is 0.328. The van der Waals surface area contributed by atoms with Gasteiger partial charge in [-0.15, -0.1) is 11.3 Å². The van der Waals surface area contributed by atoms with Crippen LogP contribution in [0, 0.1) is 5.82 Å². The van der Waals surface area contributed by atoms with Crippen LogP contribution in [-0.2, 0) is 0 Å². The van der Waals surface area contributed by atoms with Crippen molar-refractivity contribution in [3.8, 4) is 11.4 Å². The van der Waals surface area contributed by atoms with Crippen molar-refractivity contribution in [2.45, 2.75) is 0 Å². The number of hydrogen-bond donors (Lipinski definition) is 1. The van der Waals surface area contributed by atoms with Crippen LogP contribution in [0.2, 0.25) is 9.36 Å². The van der Waals surface area contributed by atoms with Gasteiger partial charge in [0, 0.05) is 20.9 Å². The van der Waals surface area contributed by atoms with E-state index in [0.717, 1.165) is 31.9 Å². The zero-order chi connectivity index (χ0) is 17.1. The number of aromatic amines is 1. The molecule has 0 aliphatic carbocycles. The first-order valence-corrected chi connectivity index (χ1v) is 9.14. The number of nitrogens with zero attached hydrogens (tertiary/aromatic N) is 1. The molecule has 1 N–H and O–H groups in total. The van der Waals surface area contributed by atoms with E-state index in [4.69, 9.17) is 23.2 Å². The summed E-state index contributed by atoms with van der Waals surface area (Å²) in [5.41, 5.74) is 1.90. The molecule has 3 aromatic carbocycles. The van der Waals surface area contributed by atoms with Crippen molar-refractivity contribution in [3.05, 3.63) is 63.7 Å². The molecule has 0 aliphatic rings. The highest BCUT2D eigenvalue weighted by Gasteiger charge is 2.18. The topological polar surface area (TPSA) is 28.7 Å². The lowest BCUT2D eigenvalue weighted by Crippen LogP contribution is -1.87. The number of halogens is 3. The highest BCUT2D eigenvalue weighted by Crippen LogP contribution is 2.41. The number of fused-ring (bicyclic) bond motifs is 6. The molecule has 0 atom stereocenters. The van der Waals surface area contributed by atoms with E-state index in [0.29, 0.717) is 15.2 Å². The molecular formula is C19H9Cl2FN2S. The summed E-state index contributed by atoms with van der Waals surface area (Å²) in [6, 6.07) is 14.6. The Kier molecular flexibility index (Phi) is 3.29. The number of imidazole rings is 1. The van der Waals surface area contributed by atoms with E-state index in [1.54, 1.807) is 12.1 Å². The molecule has 2 nitrogen and oxygen atoms in total. The lowest BCUT2D eigenvalue weighted by Gasteiger charge is -2.01. The lowest BCUT2D eigenvalue weighted by atomic mass is 10.1. The van der Waals surface area contributed by atoms with Crippen LogP contribution in [0.25, 0.3) is 43.3 Å². The number of hydrogen-bond acceptors (Lipinski definition) is 2. The monoisotopic (exact) mass is 386 g/mol. The van der Waals surface area contributed by atoms with Gasteiger partial charge in [-0.1, -0.05) is 53.5 Å². The fraction of sp³-hybridized carbons (Fsp3) is 0. The van der Waals surface area contributed by atoms with Crippen molar-refractivity contribution in [2.75, 3.05) is 0 Å². The van der Waals surface area contributed by atoms with Gasteiger partial charge in [0.25, 0.3) is 0 Å². The smallest absolute Gasteiger partial charge is 0.143 e. The Morgan fingerprint density at radius 2 is 1.76 bits per heavy atom. The minimum Gasteiger partial charge on any atom is -0.337 e. The first-order chi connectivity index (χ1) is 12.1. The molecule has 0 bridgehead atoms. The summed E-state index contributed by atoms with van der Waals surface area (Å²) in [7, 11) is 0. The van der Waals surface area contributed by atoms with Crippen molar-refractivity contribution in [1.29, 1.82) is 0 Å². The third-order valence-electron chi connectivity index (χ3n) is 4.30. The van der Waals surface area contributed by atoms with Gasteiger partial charge >= 0.3 is 0 Å². The molecule has 0 spiro atoms. The largest absolute Gasteiger partial charge is 0.337 e. The number of nitrogens with one attached hydrogen (secondary N) is 1. The van der Waals surface area contributed by atoms with Crippen molar-refractivity contribution in [3.63, 3.8) is 0 Å². The first-order valence-electron chi connectivity index (χ1n) is 7.57. The fourth-order valence-corrected chi connectivity index (χ4v) is 4.76. The van der Waals surface area contributed by atoms with Gasteiger partial charge in [0.05, 0.1) is 26.0 Å². The maximum atomic E-state index is 14.3. The summed E-state index contributed by atoms with van der Waals surface area (Å²) in [6.45, 7) is 0. The van der Waals surface area contributed by atoms with Crippen molar-refractivity contribution in [1.82, 2.24) is 9.97 Å². The first kappa shape index (κ1) is 15.1.